The van der Waals surface area contributed by atoms with Crippen LogP contribution in [0.4, 0.5) is 11.5 Å². The number of hydrogen-bond acceptors (Lipinski definition) is 5. The van der Waals surface area contributed by atoms with E-state index in [1.54, 1.807) is 0 Å². The van der Waals surface area contributed by atoms with Gasteiger partial charge in [0, 0.05) is 29.8 Å². The molecule has 0 amide bonds. The minimum Gasteiger partial charge on any atom is -0.481 e. The highest BCUT2D eigenvalue weighted by Gasteiger charge is 2.42. The predicted octanol–water partition coefficient (Wildman–Crippen LogP) is 7.15. The summed E-state index contributed by atoms with van der Waals surface area (Å²) in [5, 5.41) is 8.90. The second kappa shape index (κ2) is 13.5. The van der Waals surface area contributed by atoms with Crippen LogP contribution in [0, 0.1) is 0 Å². The molecule has 2 N–H and O–H groups in total. The van der Waals surface area contributed by atoms with Crippen LogP contribution in [0.2, 0.25) is 0 Å². The van der Waals surface area contributed by atoms with E-state index in [0.717, 1.165) is 55.1 Å². The predicted molar refractivity (Wildman–Crippen MR) is 183 cm³/mol. The zero-order valence-electron chi connectivity index (χ0n) is 27.4. The molecule has 0 saturated heterocycles. The summed E-state index contributed by atoms with van der Waals surface area (Å²) in [4.78, 5) is 18.1. The molecule has 244 valence electrons. The fraction of sp³-hybridized carbons (Fsp3) is 0.432. The third-order valence-electron chi connectivity index (χ3n) is 9.44. The van der Waals surface area contributed by atoms with Crippen molar-refractivity contribution in [1.82, 2.24) is 0 Å². The SMILES string of the molecule is CC1(C)C(=CC=C2C=C(C=CC3=Nc4c(ccc[n+]4CCCCCC(=O)O)C3(C)C)CC2)N(CCCS(=O)(=O)O)c2ccccc21. The molecule has 46 heavy (non-hydrogen) atoms. The van der Waals surface area contributed by atoms with Crippen molar-refractivity contribution in [2.45, 2.75) is 90.0 Å². The average molecular weight is 645 g/mol. The van der Waals surface area contributed by atoms with Crippen LogP contribution in [0.3, 0.4) is 0 Å². The van der Waals surface area contributed by atoms with Crippen molar-refractivity contribution < 1.29 is 27.4 Å². The molecular formula is C37H46N3O5S+. The maximum Gasteiger partial charge on any atom is 0.327 e. The van der Waals surface area contributed by atoms with E-state index in [1.807, 2.05) is 12.1 Å². The van der Waals surface area contributed by atoms with E-state index in [4.69, 9.17) is 10.1 Å². The highest BCUT2D eigenvalue weighted by atomic mass is 32.2. The number of para-hydroxylation sites is 1. The maximum atomic E-state index is 11.4. The number of allylic oxidation sites excluding steroid dienone is 8. The first-order valence-corrected chi connectivity index (χ1v) is 17.8. The van der Waals surface area contributed by atoms with Gasteiger partial charge >= 0.3 is 11.8 Å². The molecule has 8 nitrogen and oxygen atoms in total. The summed E-state index contributed by atoms with van der Waals surface area (Å²) in [6.07, 6.45) is 17.9. The molecular weight excluding hydrogens is 598 g/mol. The third-order valence-corrected chi connectivity index (χ3v) is 10.2. The summed E-state index contributed by atoms with van der Waals surface area (Å²) >= 11 is 0. The van der Waals surface area contributed by atoms with Gasteiger partial charge in [-0.2, -0.15) is 8.42 Å². The summed E-state index contributed by atoms with van der Waals surface area (Å²) in [5.41, 5.74) is 7.67. The molecule has 0 spiro atoms. The Kier molecular flexibility index (Phi) is 9.84. The van der Waals surface area contributed by atoms with Gasteiger partial charge in [-0.3, -0.25) is 9.35 Å². The van der Waals surface area contributed by atoms with E-state index >= 15 is 0 Å². The molecule has 0 radical (unpaired) electrons. The van der Waals surface area contributed by atoms with Gasteiger partial charge < -0.3 is 10.0 Å². The van der Waals surface area contributed by atoms with Crippen molar-refractivity contribution in [2.75, 3.05) is 17.2 Å². The Morgan fingerprint density at radius 3 is 2.48 bits per heavy atom. The first-order chi connectivity index (χ1) is 21.8. The fourth-order valence-electron chi connectivity index (χ4n) is 6.80. The molecule has 1 aromatic carbocycles. The normalized spacial score (nSPS) is 20.0. The van der Waals surface area contributed by atoms with Gasteiger partial charge in [-0.1, -0.05) is 50.3 Å². The Hall–Kier alpha value is -3.82. The number of nitrogens with zero attached hydrogens (tertiary/aromatic N) is 3. The molecule has 1 aliphatic carbocycles. The van der Waals surface area contributed by atoms with Gasteiger partial charge in [0.2, 0.25) is 0 Å². The number of benzene rings is 1. The summed E-state index contributed by atoms with van der Waals surface area (Å²) in [6, 6.07) is 12.5. The first-order valence-electron chi connectivity index (χ1n) is 16.2. The number of aromatic nitrogens is 1. The molecule has 0 fully saturated rings. The molecule has 3 heterocycles. The van der Waals surface area contributed by atoms with Crippen LogP contribution >= 0.6 is 0 Å². The number of carboxylic acids is 1. The Balaban J connectivity index is 1.31. The number of carboxylic acid groups (broad SMARTS) is 1. The lowest BCUT2D eigenvalue weighted by Gasteiger charge is -2.27. The number of pyridine rings is 1. The van der Waals surface area contributed by atoms with Crippen molar-refractivity contribution in [3.8, 4) is 0 Å². The van der Waals surface area contributed by atoms with Crippen LogP contribution in [0.15, 0.2) is 94.8 Å². The fourth-order valence-corrected chi connectivity index (χ4v) is 7.30. The lowest BCUT2D eigenvalue weighted by molar-refractivity contribution is -0.684. The molecule has 0 atom stereocenters. The van der Waals surface area contributed by atoms with Crippen LogP contribution in [-0.4, -0.2) is 42.1 Å². The van der Waals surface area contributed by atoms with Crippen molar-refractivity contribution >= 4 is 33.3 Å². The molecule has 1 aromatic heterocycles. The number of fused-ring (bicyclic) bond motifs is 2. The zero-order chi connectivity index (χ0) is 33.1. The smallest absolute Gasteiger partial charge is 0.327 e. The van der Waals surface area contributed by atoms with E-state index in [0.29, 0.717) is 19.4 Å². The van der Waals surface area contributed by atoms with Crippen molar-refractivity contribution in [3.63, 3.8) is 0 Å². The van der Waals surface area contributed by atoms with Crippen molar-refractivity contribution in [2.24, 2.45) is 4.99 Å². The monoisotopic (exact) mass is 644 g/mol. The molecule has 2 aromatic rings. The highest BCUT2D eigenvalue weighted by molar-refractivity contribution is 7.85. The number of unbranched alkanes of at least 4 members (excludes halogenated alkanes) is 2. The Bertz CT molecular complexity index is 1760. The minimum atomic E-state index is -4.01. The van der Waals surface area contributed by atoms with Crippen LogP contribution in [0.25, 0.3) is 0 Å². The number of aryl methyl sites for hydroxylation is 1. The van der Waals surface area contributed by atoms with Crippen LogP contribution < -0.4 is 9.47 Å². The minimum absolute atomic E-state index is 0.215. The van der Waals surface area contributed by atoms with Crippen molar-refractivity contribution in [1.29, 1.82) is 0 Å². The molecule has 0 unspecified atom stereocenters. The Morgan fingerprint density at radius 1 is 0.957 bits per heavy atom. The van der Waals surface area contributed by atoms with Gasteiger partial charge in [-0.05, 0) is 104 Å². The van der Waals surface area contributed by atoms with Gasteiger partial charge in [0.1, 0.15) is 0 Å². The summed E-state index contributed by atoms with van der Waals surface area (Å²) in [7, 11) is -4.01. The average Bonchev–Trinajstić information content (AvgIpc) is 3.61. The molecule has 0 bridgehead atoms. The molecule has 5 rings (SSSR count). The number of aliphatic carboxylic acids is 1. The van der Waals surface area contributed by atoms with Crippen molar-refractivity contribution in [3.05, 3.63) is 101 Å². The lowest BCUT2D eigenvalue weighted by Crippen LogP contribution is -2.34. The zero-order valence-corrected chi connectivity index (χ0v) is 28.2. The Labute approximate surface area is 273 Å². The molecule has 0 saturated carbocycles. The molecule has 2 aliphatic heterocycles. The topological polar surface area (TPSA) is 111 Å². The van der Waals surface area contributed by atoms with Gasteiger partial charge in [-0.25, -0.2) is 4.57 Å². The summed E-state index contributed by atoms with van der Waals surface area (Å²) < 4.78 is 34.2. The number of hydrogen-bond donors (Lipinski definition) is 2. The first kappa shape index (κ1) is 33.5. The maximum absolute atomic E-state index is 11.4. The number of aliphatic imine (C=N–C) groups is 1. The van der Waals surface area contributed by atoms with Crippen LogP contribution in [0.5, 0.6) is 0 Å². The second-order valence-corrected chi connectivity index (χ2v) is 15.1. The van der Waals surface area contributed by atoms with E-state index in [9.17, 15) is 17.8 Å². The Morgan fingerprint density at radius 2 is 1.72 bits per heavy atom. The quantitative estimate of drug-likeness (QED) is 0.136. The summed E-state index contributed by atoms with van der Waals surface area (Å²) in [6.45, 7) is 10.1. The lowest BCUT2D eigenvalue weighted by atomic mass is 9.82. The number of carbonyl (C=O) groups is 1. The van der Waals surface area contributed by atoms with Crippen LogP contribution in [0.1, 0.15) is 83.8 Å². The van der Waals surface area contributed by atoms with Gasteiger partial charge in [0.25, 0.3) is 10.1 Å². The standard InChI is InChI=1S/C37H45N3O5S/c1-36(2)30-13-10-23-39(22-9-5-6-15-34(41)42)35(30)38-32(36)20-18-27-16-17-28(26-27)19-21-33-37(3,4)29-12-7-8-14-31(29)40(33)24-11-25-46(43,44)45/h7-8,10,12-14,18-21,23,26H,5-6,9,11,15-17,22,24-25H2,1-4H3,(H-,41,42,43,44,45)/p+1. The largest absolute Gasteiger partial charge is 0.481 e. The molecule has 9 heteroatoms. The van der Waals surface area contributed by atoms with Gasteiger partial charge in [0.15, 0.2) is 5.71 Å². The summed E-state index contributed by atoms with van der Waals surface area (Å²) in [5.74, 6) is -0.0186. The van der Waals surface area contributed by atoms with E-state index in [-0.39, 0.29) is 23.0 Å². The number of rotatable bonds is 13. The van der Waals surface area contributed by atoms with E-state index in [2.05, 4.69) is 98.0 Å². The highest BCUT2D eigenvalue weighted by Crippen LogP contribution is 2.47. The molecule has 3 aliphatic rings. The van der Waals surface area contributed by atoms with E-state index < -0.39 is 16.1 Å². The number of anilines is 1. The van der Waals surface area contributed by atoms with Crippen LogP contribution in [-0.2, 0) is 32.3 Å². The van der Waals surface area contributed by atoms with Gasteiger partial charge in [0.05, 0.1) is 29.5 Å². The second-order valence-electron chi connectivity index (χ2n) is 13.5. The third kappa shape index (κ3) is 7.42. The van der Waals surface area contributed by atoms with Gasteiger partial charge in [-0.15, -0.1) is 0 Å². The van der Waals surface area contributed by atoms with E-state index in [1.165, 1.54) is 22.3 Å².